The van der Waals surface area contributed by atoms with Crippen molar-refractivity contribution in [1.29, 1.82) is 0 Å². The molecule has 0 saturated heterocycles. The second kappa shape index (κ2) is 5.51. The highest BCUT2D eigenvalue weighted by Crippen LogP contribution is 2.13. The van der Waals surface area contributed by atoms with Gasteiger partial charge in [0, 0.05) is 19.5 Å². The summed E-state index contributed by atoms with van der Waals surface area (Å²) in [7, 11) is 3.49. The van der Waals surface area contributed by atoms with Gasteiger partial charge in [0.15, 0.2) is 0 Å². The van der Waals surface area contributed by atoms with Crippen molar-refractivity contribution in [2.75, 3.05) is 20.7 Å². The lowest BCUT2D eigenvalue weighted by atomic mass is 10.3. The van der Waals surface area contributed by atoms with E-state index in [1.807, 2.05) is 0 Å². The fourth-order valence-corrected chi connectivity index (χ4v) is 1.67. The number of aliphatic hydroxyl groups is 1. The molecule has 0 radical (unpaired) electrons. The quantitative estimate of drug-likeness (QED) is 0.561. The molecule has 80 valence electrons. The van der Waals surface area contributed by atoms with E-state index in [2.05, 4.69) is 17.3 Å². The number of carbonyl (C=O) groups excluding carboxylic acids is 1. The van der Waals surface area contributed by atoms with Gasteiger partial charge < -0.3 is 5.11 Å². The van der Waals surface area contributed by atoms with Crippen molar-refractivity contribution < 1.29 is 9.90 Å². The minimum absolute atomic E-state index is 0.159. The van der Waals surface area contributed by atoms with Crippen LogP contribution in [0.5, 0.6) is 0 Å². The van der Waals surface area contributed by atoms with E-state index in [-0.39, 0.29) is 12.5 Å². The summed E-state index contributed by atoms with van der Waals surface area (Å²) in [6, 6.07) is 1.70. The second-order valence-corrected chi connectivity index (χ2v) is 3.91. The van der Waals surface area contributed by atoms with Crippen molar-refractivity contribution in [3.05, 3.63) is 21.9 Å². The maximum atomic E-state index is 11.5. The van der Waals surface area contributed by atoms with Crippen LogP contribution in [0.25, 0.3) is 0 Å². The minimum atomic E-state index is -0.170. The number of aliphatic hydroxyl groups excluding tert-OH is 1. The van der Waals surface area contributed by atoms with Gasteiger partial charge in [0.05, 0.1) is 10.4 Å². The zero-order valence-electron chi connectivity index (χ0n) is 8.57. The fraction of sp³-hybridized carbons (Fsp3) is 0.300. The zero-order chi connectivity index (χ0) is 11.3. The third-order valence-corrected chi connectivity index (χ3v) is 2.32. The number of thiophene rings is 1. The molecule has 15 heavy (non-hydrogen) atoms. The second-order valence-electron chi connectivity index (χ2n) is 2.99. The van der Waals surface area contributed by atoms with Crippen molar-refractivity contribution in [2.24, 2.45) is 0 Å². The summed E-state index contributed by atoms with van der Waals surface area (Å²) in [5, 5.41) is 11.8. The average molecular weight is 224 g/mol. The van der Waals surface area contributed by atoms with Crippen molar-refractivity contribution in [3.63, 3.8) is 0 Å². The Labute approximate surface area is 92.5 Å². The smallest absolute Gasteiger partial charge is 0.266 e. The number of amides is 1. The van der Waals surface area contributed by atoms with Crippen molar-refractivity contribution in [1.82, 2.24) is 10.4 Å². The van der Waals surface area contributed by atoms with Crippen LogP contribution in [-0.4, -0.2) is 36.7 Å². The van der Waals surface area contributed by atoms with E-state index in [4.69, 9.17) is 5.11 Å². The van der Waals surface area contributed by atoms with E-state index in [1.54, 1.807) is 30.6 Å². The number of nitrogens with one attached hydrogen (secondary N) is 1. The monoisotopic (exact) mass is 224 g/mol. The molecule has 0 fully saturated rings. The first-order valence-corrected chi connectivity index (χ1v) is 5.18. The summed E-state index contributed by atoms with van der Waals surface area (Å²) in [5.41, 5.74) is 3.21. The van der Waals surface area contributed by atoms with Gasteiger partial charge in [-0.15, -0.1) is 11.3 Å². The molecule has 1 aromatic heterocycles. The SMILES string of the molecule is CN(C)NC(=O)c1csc(C#CCO)c1. The lowest BCUT2D eigenvalue weighted by Gasteiger charge is -2.10. The highest BCUT2D eigenvalue weighted by molar-refractivity contribution is 7.10. The lowest BCUT2D eigenvalue weighted by Crippen LogP contribution is -2.35. The van der Waals surface area contributed by atoms with Crippen LogP contribution in [0.2, 0.25) is 0 Å². The van der Waals surface area contributed by atoms with E-state index in [9.17, 15) is 4.79 Å². The Morgan fingerprint density at radius 3 is 3.00 bits per heavy atom. The molecule has 0 aromatic carbocycles. The summed E-state index contributed by atoms with van der Waals surface area (Å²) in [5.74, 6) is 5.12. The number of rotatable bonds is 2. The Morgan fingerprint density at radius 1 is 1.67 bits per heavy atom. The summed E-state index contributed by atoms with van der Waals surface area (Å²) < 4.78 is 0. The van der Waals surface area contributed by atoms with Gasteiger partial charge in [-0.1, -0.05) is 11.8 Å². The molecule has 4 nitrogen and oxygen atoms in total. The number of hydrogen-bond donors (Lipinski definition) is 2. The lowest BCUT2D eigenvalue weighted by molar-refractivity contribution is 0.0857. The summed E-state index contributed by atoms with van der Waals surface area (Å²) in [4.78, 5) is 12.3. The topological polar surface area (TPSA) is 52.6 Å². The first-order chi connectivity index (χ1) is 7.13. The Morgan fingerprint density at radius 2 is 2.40 bits per heavy atom. The van der Waals surface area contributed by atoms with Gasteiger partial charge in [-0.25, -0.2) is 5.01 Å². The molecule has 0 atom stereocenters. The van der Waals surface area contributed by atoms with Crippen LogP contribution in [-0.2, 0) is 0 Å². The summed E-state index contributed by atoms with van der Waals surface area (Å²) in [6.07, 6.45) is 0. The number of carbonyl (C=O) groups is 1. The predicted octanol–water partition coefficient (Wildman–Crippen LogP) is 0.298. The third kappa shape index (κ3) is 3.72. The molecule has 0 saturated carbocycles. The molecule has 0 aliphatic carbocycles. The molecule has 0 aliphatic rings. The van der Waals surface area contributed by atoms with E-state index in [0.29, 0.717) is 5.56 Å². The van der Waals surface area contributed by atoms with Crippen LogP contribution >= 0.6 is 11.3 Å². The largest absolute Gasteiger partial charge is 0.384 e. The van der Waals surface area contributed by atoms with E-state index < -0.39 is 0 Å². The fourth-order valence-electron chi connectivity index (χ4n) is 0.915. The summed E-state index contributed by atoms with van der Waals surface area (Å²) in [6.45, 7) is -0.170. The molecule has 0 unspecified atom stereocenters. The highest BCUT2D eigenvalue weighted by atomic mass is 32.1. The van der Waals surface area contributed by atoms with Gasteiger partial charge >= 0.3 is 0 Å². The first kappa shape index (κ1) is 11.7. The van der Waals surface area contributed by atoms with Crippen molar-refractivity contribution >= 4 is 17.2 Å². The van der Waals surface area contributed by atoms with Crippen LogP contribution < -0.4 is 5.43 Å². The molecular formula is C10H12N2O2S. The van der Waals surface area contributed by atoms with E-state index in [1.165, 1.54) is 11.3 Å². The van der Waals surface area contributed by atoms with Crippen LogP contribution in [0.1, 0.15) is 15.2 Å². The van der Waals surface area contributed by atoms with Gasteiger partial charge in [0.25, 0.3) is 5.91 Å². The maximum absolute atomic E-state index is 11.5. The van der Waals surface area contributed by atoms with Crippen LogP contribution in [0.3, 0.4) is 0 Å². The number of hydrogen-bond acceptors (Lipinski definition) is 4. The molecule has 2 N–H and O–H groups in total. The average Bonchev–Trinajstić information content (AvgIpc) is 2.62. The molecule has 1 amide bonds. The standard InChI is InChI=1S/C10H12N2O2S/c1-12(2)11-10(14)8-6-9(15-7-8)4-3-5-13/h6-7,13H,5H2,1-2H3,(H,11,14). The Kier molecular flexibility index (Phi) is 4.31. The van der Waals surface area contributed by atoms with E-state index in [0.717, 1.165) is 4.88 Å². The molecule has 0 spiro atoms. The van der Waals surface area contributed by atoms with Gasteiger partial charge in [-0.2, -0.15) is 0 Å². The molecule has 0 bridgehead atoms. The Balaban J connectivity index is 2.71. The zero-order valence-corrected chi connectivity index (χ0v) is 9.39. The van der Waals surface area contributed by atoms with E-state index >= 15 is 0 Å². The molecular weight excluding hydrogens is 212 g/mol. The predicted molar refractivity (Wildman–Crippen MR) is 59.4 cm³/mol. The van der Waals surface area contributed by atoms with Gasteiger partial charge in [0.1, 0.15) is 6.61 Å². The molecule has 1 heterocycles. The van der Waals surface area contributed by atoms with Gasteiger partial charge in [-0.05, 0) is 6.07 Å². The van der Waals surface area contributed by atoms with Gasteiger partial charge in [-0.3, -0.25) is 10.2 Å². The Bertz CT molecular complexity index is 401. The Hall–Kier alpha value is -1.35. The number of nitrogens with zero attached hydrogens (tertiary/aromatic N) is 1. The minimum Gasteiger partial charge on any atom is -0.384 e. The number of hydrazine groups is 1. The highest BCUT2D eigenvalue weighted by Gasteiger charge is 2.07. The van der Waals surface area contributed by atoms with Crippen molar-refractivity contribution in [3.8, 4) is 11.8 Å². The molecule has 1 aromatic rings. The molecule has 5 heteroatoms. The normalized spacial score (nSPS) is 9.60. The summed E-state index contributed by atoms with van der Waals surface area (Å²) >= 11 is 1.38. The van der Waals surface area contributed by atoms with Crippen LogP contribution in [0.15, 0.2) is 11.4 Å². The van der Waals surface area contributed by atoms with Crippen LogP contribution in [0.4, 0.5) is 0 Å². The maximum Gasteiger partial charge on any atom is 0.266 e. The molecule has 1 rings (SSSR count). The molecule has 0 aliphatic heterocycles. The van der Waals surface area contributed by atoms with Gasteiger partial charge in [0.2, 0.25) is 0 Å². The third-order valence-electron chi connectivity index (χ3n) is 1.48. The first-order valence-electron chi connectivity index (χ1n) is 4.30. The van der Waals surface area contributed by atoms with Crippen molar-refractivity contribution in [2.45, 2.75) is 0 Å². The van der Waals surface area contributed by atoms with Crippen LogP contribution in [0, 0.1) is 11.8 Å².